The van der Waals surface area contributed by atoms with Gasteiger partial charge >= 0.3 is 13.5 Å². The van der Waals surface area contributed by atoms with E-state index in [9.17, 15) is 17.6 Å². The molecule has 21 heavy (non-hydrogen) atoms. The van der Waals surface area contributed by atoms with Gasteiger partial charge in [0.25, 0.3) is 0 Å². The molecule has 1 saturated heterocycles. The molecule has 0 spiro atoms. The summed E-state index contributed by atoms with van der Waals surface area (Å²) in [6.07, 6.45) is -4.94. The van der Waals surface area contributed by atoms with E-state index in [4.69, 9.17) is 9.31 Å². The highest BCUT2D eigenvalue weighted by atomic mass is 19.4. The van der Waals surface area contributed by atoms with Crippen LogP contribution in [0.15, 0.2) is 18.2 Å². The van der Waals surface area contributed by atoms with Gasteiger partial charge in [0.2, 0.25) is 0 Å². The molecule has 1 aliphatic heterocycles. The fourth-order valence-corrected chi connectivity index (χ4v) is 1.85. The molecule has 0 unspecified atom stereocenters. The summed E-state index contributed by atoms with van der Waals surface area (Å²) < 4.78 is 64.9. The first-order valence-corrected chi connectivity index (χ1v) is 6.32. The van der Waals surface area contributed by atoms with E-state index in [1.807, 2.05) is 27.7 Å². The summed E-state index contributed by atoms with van der Waals surface area (Å²) in [7, 11) is -0.843. The molecule has 0 N–H and O–H groups in total. The number of halogens is 4. The van der Waals surface area contributed by atoms with E-state index in [-0.39, 0.29) is 0 Å². The second-order valence-electron chi connectivity index (χ2n) is 5.83. The van der Waals surface area contributed by atoms with E-state index in [1.54, 1.807) is 0 Å². The summed E-state index contributed by atoms with van der Waals surface area (Å²) in [4.78, 5) is 0. The van der Waals surface area contributed by atoms with Crippen LogP contribution < -0.4 is 10.2 Å². The minimum absolute atomic E-state index is 0.292. The second kappa shape index (κ2) is 4.88. The highest BCUT2D eigenvalue weighted by Crippen LogP contribution is 2.36. The van der Waals surface area contributed by atoms with Gasteiger partial charge in [-0.3, -0.25) is 0 Å². The number of benzene rings is 1. The minimum Gasteiger partial charge on any atom is -0.403 e. The van der Waals surface area contributed by atoms with Crippen LogP contribution in [0.4, 0.5) is 17.6 Å². The highest BCUT2D eigenvalue weighted by molar-refractivity contribution is 6.62. The van der Waals surface area contributed by atoms with Crippen LogP contribution in [0.1, 0.15) is 27.7 Å². The van der Waals surface area contributed by atoms with Gasteiger partial charge < -0.3 is 14.0 Å². The van der Waals surface area contributed by atoms with Crippen LogP contribution >= 0.6 is 0 Å². The molecule has 1 aromatic rings. The molecule has 0 bridgehead atoms. The van der Waals surface area contributed by atoms with Crippen molar-refractivity contribution in [3.8, 4) is 5.75 Å². The van der Waals surface area contributed by atoms with Crippen molar-refractivity contribution in [1.29, 1.82) is 0 Å². The SMILES string of the molecule is CC1(C)OB(c2ccc(OC(F)(F)F)c(F)c2)OC1(C)C. The lowest BCUT2D eigenvalue weighted by Gasteiger charge is -2.32. The van der Waals surface area contributed by atoms with Crippen LogP contribution in [-0.4, -0.2) is 24.7 Å². The Hall–Kier alpha value is -1.28. The maximum Gasteiger partial charge on any atom is 0.573 e. The Bertz CT molecular complexity index is 527. The van der Waals surface area contributed by atoms with Crippen molar-refractivity contribution in [1.82, 2.24) is 0 Å². The summed E-state index contributed by atoms with van der Waals surface area (Å²) in [5.41, 5.74) is -0.939. The molecule has 0 aromatic heterocycles. The molecule has 3 nitrogen and oxygen atoms in total. The Kier molecular flexibility index (Phi) is 3.74. The Morgan fingerprint density at radius 3 is 2.00 bits per heavy atom. The molecule has 2 rings (SSSR count). The summed E-state index contributed by atoms with van der Waals surface area (Å²) in [5.74, 6) is -2.01. The van der Waals surface area contributed by atoms with Crippen LogP contribution in [0.5, 0.6) is 5.75 Å². The standard InChI is InChI=1S/C13H15BF4O3/c1-11(2)12(3,4)21-14(20-11)8-5-6-10(9(15)7-8)19-13(16,17)18/h5-7H,1-4H3. The van der Waals surface area contributed by atoms with Gasteiger partial charge in [0.1, 0.15) is 0 Å². The zero-order valence-corrected chi connectivity index (χ0v) is 12.0. The van der Waals surface area contributed by atoms with Crippen LogP contribution in [0, 0.1) is 5.82 Å². The molecule has 1 aliphatic rings. The van der Waals surface area contributed by atoms with Crippen molar-refractivity contribution in [2.75, 3.05) is 0 Å². The predicted octanol–water partition coefficient (Wildman–Crippen LogP) is 3.02. The van der Waals surface area contributed by atoms with Crippen molar-refractivity contribution in [3.05, 3.63) is 24.0 Å². The molecule has 0 atom stereocenters. The zero-order valence-electron chi connectivity index (χ0n) is 12.0. The average Bonchev–Trinajstić information content (AvgIpc) is 2.49. The van der Waals surface area contributed by atoms with E-state index in [0.29, 0.717) is 5.46 Å². The predicted molar refractivity (Wildman–Crippen MR) is 68.8 cm³/mol. The van der Waals surface area contributed by atoms with Gasteiger partial charge in [-0.2, -0.15) is 0 Å². The lowest BCUT2D eigenvalue weighted by Crippen LogP contribution is -2.41. The monoisotopic (exact) mass is 306 g/mol. The van der Waals surface area contributed by atoms with Crippen molar-refractivity contribution < 1.29 is 31.6 Å². The molecular formula is C13H15BF4O3. The van der Waals surface area contributed by atoms with E-state index < -0.39 is 36.2 Å². The quantitative estimate of drug-likeness (QED) is 0.621. The van der Waals surface area contributed by atoms with E-state index in [1.165, 1.54) is 6.07 Å². The number of hydrogen-bond acceptors (Lipinski definition) is 3. The molecule has 0 amide bonds. The molecule has 1 aromatic carbocycles. The smallest absolute Gasteiger partial charge is 0.403 e. The first-order valence-electron chi connectivity index (χ1n) is 6.32. The molecule has 1 heterocycles. The maximum atomic E-state index is 13.7. The Labute approximate surface area is 120 Å². The van der Waals surface area contributed by atoms with Crippen LogP contribution in [0.25, 0.3) is 0 Å². The van der Waals surface area contributed by atoms with Gasteiger partial charge in [-0.05, 0) is 45.3 Å². The summed E-state index contributed by atoms with van der Waals surface area (Å²) >= 11 is 0. The van der Waals surface area contributed by atoms with Gasteiger partial charge in [0.05, 0.1) is 11.2 Å². The minimum atomic E-state index is -4.94. The first kappa shape index (κ1) is 16.1. The van der Waals surface area contributed by atoms with E-state index in [0.717, 1.165) is 12.1 Å². The molecule has 1 fully saturated rings. The zero-order chi connectivity index (χ0) is 16.1. The highest BCUT2D eigenvalue weighted by Gasteiger charge is 2.51. The summed E-state index contributed by atoms with van der Waals surface area (Å²) in [6, 6.07) is 3.11. The summed E-state index contributed by atoms with van der Waals surface area (Å²) in [5, 5.41) is 0. The van der Waals surface area contributed by atoms with Crippen molar-refractivity contribution in [2.45, 2.75) is 45.3 Å². The van der Waals surface area contributed by atoms with E-state index >= 15 is 0 Å². The maximum absolute atomic E-state index is 13.7. The van der Waals surface area contributed by atoms with Gasteiger partial charge in [-0.1, -0.05) is 6.07 Å². The van der Waals surface area contributed by atoms with Crippen LogP contribution in [0.2, 0.25) is 0 Å². The second-order valence-corrected chi connectivity index (χ2v) is 5.83. The van der Waals surface area contributed by atoms with Crippen molar-refractivity contribution in [2.24, 2.45) is 0 Å². The molecule has 116 valence electrons. The van der Waals surface area contributed by atoms with Gasteiger partial charge in [-0.25, -0.2) is 4.39 Å². The van der Waals surface area contributed by atoms with Crippen LogP contribution in [-0.2, 0) is 9.31 Å². The molecule has 0 aliphatic carbocycles. The van der Waals surface area contributed by atoms with Crippen molar-refractivity contribution in [3.63, 3.8) is 0 Å². The topological polar surface area (TPSA) is 27.7 Å². The third kappa shape index (κ3) is 3.32. The summed E-state index contributed by atoms with van der Waals surface area (Å²) in [6.45, 7) is 7.30. The fraction of sp³-hybridized carbons (Fsp3) is 0.538. The lowest BCUT2D eigenvalue weighted by atomic mass is 9.79. The third-order valence-corrected chi connectivity index (χ3v) is 3.71. The Balaban J connectivity index is 2.22. The van der Waals surface area contributed by atoms with Crippen LogP contribution in [0.3, 0.4) is 0 Å². The largest absolute Gasteiger partial charge is 0.573 e. The van der Waals surface area contributed by atoms with Gasteiger partial charge in [0.15, 0.2) is 11.6 Å². The number of hydrogen-bond donors (Lipinski definition) is 0. The number of ether oxygens (including phenoxy) is 1. The molecule has 8 heteroatoms. The van der Waals surface area contributed by atoms with Gasteiger partial charge in [-0.15, -0.1) is 13.2 Å². The van der Waals surface area contributed by atoms with Gasteiger partial charge in [0, 0.05) is 0 Å². The number of rotatable bonds is 2. The molecular weight excluding hydrogens is 291 g/mol. The normalized spacial score (nSPS) is 20.7. The lowest BCUT2D eigenvalue weighted by molar-refractivity contribution is -0.275. The number of alkyl halides is 3. The Morgan fingerprint density at radius 1 is 1.05 bits per heavy atom. The molecule has 0 saturated carbocycles. The van der Waals surface area contributed by atoms with Crippen molar-refractivity contribution >= 4 is 12.6 Å². The third-order valence-electron chi connectivity index (χ3n) is 3.71. The average molecular weight is 306 g/mol. The van der Waals surface area contributed by atoms with E-state index in [2.05, 4.69) is 4.74 Å². The molecule has 0 radical (unpaired) electrons. The first-order chi connectivity index (χ1) is 9.41. The Morgan fingerprint density at radius 2 is 1.57 bits per heavy atom. The fourth-order valence-electron chi connectivity index (χ4n) is 1.85.